The van der Waals surface area contributed by atoms with E-state index in [4.69, 9.17) is 4.42 Å². The van der Waals surface area contributed by atoms with Gasteiger partial charge in [0.2, 0.25) is 0 Å². The fourth-order valence-electron chi connectivity index (χ4n) is 2.56. The van der Waals surface area contributed by atoms with Gasteiger partial charge in [0.05, 0.1) is 6.04 Å². The third kappa shape index (κ3) is 2.61. The van der Waals surface area contributed by atoms with E-state index in [1.165, 1.54) is 6.07 Å². The number of fused-ring (bicyclic) bond motifs is 1. The van der Waals surface area contributed by atoms with Crippen LogP contribution < -0.4 is 5.32 Å². The summed E-state index contributed by atoms with van der Waals surface area (Å²) in [5.74, 6) is 0.448. The van der Waals surface area contributed by atoms with E-state index in [2.05, 4.69) is 21.2 Å². The Labute approximate surface area is 131 Å². The van der Waals surface area contributed by atoms with E-state index >= 15 is 0 Å². The molecule has 2 nitrogen and oxygen atoms in total. The monoisotopic (exact) mass is 347 g/mol. The van der Waals surface area contributed by atoms with Gasteiger partial charge in [-0.2, -0.15) is 0 Å². The fraction of sp³-hybridized carbons (Fsp3) is 0.176. The van der Waals surface area contributed by atoms with E-state index in [1.807, 2.05) is 37.3 Å². The summed E-state index contributed by atoms with van der Waals surface area (Å²) in [5.41, 5.74) is 2.49. The molecule has 1 aromatic heterocycles. The average molecular weight is 348 g/mol. The van der Waals surface area contributed by atoms with Crippen molar-refractivity contribution >= 4 is 26.9 Å². The molecule has 1 atom stereocenters. The van der Waals surface area contributed by atoms with Gasteiger partial charge < -0.3 is 9.73 Å². The van der Waals surface area contributed by atoms with Crippen LogP contribution in [0.15, 0.2) is 51.4 Å². The van der Waals surface area contributed by atoms with Crippen molar-refractivity contribution in [2.45, 2.75) is 13.0 Å². The second-order valence-corrected chi connectivity index (χ2v) is 5.95. The largest absolute Gasteiger partial charge is 0.459 e. The number of nitrogens with one attached hydrogen (secondary N) is 1. The Balaban J connectivity index is 2.11. The minimum absolute atomic E-state index is 0.263. The Morgan fingerprint density at radius 1 is 1.19 bits per heavy atom. The topological polar surface area (TPSA) is 25.2 Å². The fourth-order valence-corrected chi connectivity index (χ4v) is 2.89. The van der Waals surface area contributed by atoms with Gasteiger partial charge in [0, 0.05) is 15.4 Å². The van der Waals surface area contributed by atoms with Crippen LogP contribution >= 0.6 is 15.9 Å². The molecule has 2 aromatic carbocycles. The first-order valence-electron chi connectivity index (χ1n) is 6.71. The number of hydrogen-bond donors (Lipinski definition) is 1. The number of rotatable bonds is 3. The molecule has 0 fully saturated rings. The van der Waals surface area contributed by atoms with Gasteiger partial charge in [-0.15, -0.1) is 0 Å². The van der Waals surface area contributed by atoms with Crippen molar-refractivity contribution in [1.29, 1.82) is 0 Å². The van der Waals surface area contributed by atoms with Crippen LogP contribution in [-0.2, 0) is 0 Å². The molecule has 108 valence electrons. The summed E-state index contributed by atoms with van der Waals surface area (Å²) in [7, 11) is 1.80. The normalized spacial score (nSPS) is 12.8. The van der Waals surface area contributed by atoms with Crippen molar-refractivity contribution in [3.63, 3.8) is 0 Å². The van der Waals surface area contributed by atoms with Gasteiger partial charge in [-0.05, 0) is 37.7 Å². The molecule has 3 aromatic rings. The molecular formula is C17H15BrFNO. The van der Waals surface area contributed by atoms with E-state index in [0.29, 0.717) is 11.3 Å². The van der Waals surface area contributed by atoms with Crippen molar-refractivity contribution in [3.8, 4) is 0 Å². The average Bonchev–Trinajstić information content (AvgIpc) is 2.87. The van der Waals surface area contributed by atoms with Gasteiger partial charge in [-0.3, -0.25) is 0 Å². The first-order chi connectivity index (χ1) is 10.1. The minimum atomic E-state index is -0.315. The minimum Gasteiger partial charge on any atom is -0.459 e. The van der Waals surface area contributed by atoms with Gasteiger partial charge in [-0.25, -0.2) is 4.39 Å². The standard InChI is InChI=1S/C17H15BrFNO/c1-10-4-3-5-11-8-15(21-17(10)11)16(20-2)13-7-6-12(18)9-14(13)19/h3-9,16,20H,1-2H3. The predicted octanol–water partition coefficient (Wildman–Crippen LogP) is 4.95. The van der Waals surface area contributed by atoms with Gasteiger partial charge in [0.25, 0.3) is 0 Å². The van der Waals surface area contributed by atoms with Crippen LogP contribution in [0.5, 0.6) is 0 Å². The highest BCUT2D eigenvalue weighted by molar-refractivity contribution is 9.10. The maximum Gasteiger partial charge on any atom is 0.137 e. The summed E-state index contributed by atoms with van der Waals surface area (Å²) in [6.07, 6.45) is 0. The maximum atomic E-state index is 14.2. The zero-order valence-electron chi connectivity index (χ0n) is 11.8. The van der Waals surface area contributed by atoms with Crippen LogP contribution in [-0.4, -0.2) is 7.05 Å². The third-order valence-electron chi connectivity index (χ3n) is 3.61. The van der Waals surface area contributed by atoms with Crippen LogP contribution in [0.4, 0.5) is 4.39 Å². The van der Waals surface area contributed by atoms with Gasteiger partial charge in [0.15, 0.2) is 0 Å². The first-order valence-corrected chi connectivity index (χ1v) is 7.50. The zero-order valence-corrected chi connectivity index (χ0v) is 13.4. The second kappa shape index (κ2) is 5.62. The smallest absolute Gasteiger partial charge is 0.137 e. The Kier molecular flexibility index (Phi) is 3.83. The van der Waals surface area contributed by atoms with E-state index in [0.717, 1.165) is 21.0 Å². The summed E-state index contributed by atoms with van der Waals surface area (Å²) in [6.45, 7) is 2.00. The molecule has 1 N–H and O–H groups in total. The van der Waals surface area contributed by atoms with E-state index in [1.54, 1.807) is 13.1 Å². The van der Waals surface area contributed by atoms with Crippen LogP contribution in [0.2, 0.25) is 0 Å². The van der Waals surface area contributed by atoms with E-state index < -0.39 is 0 Å². The van der Waals surface area contributed by atoms with Gasteiger partial charge in [-0.1, -0.05) is 40.2 Å². The molecular weight excluding hydrogens is 333 g/mol. The number of halogens is 2. The van der Waals surface area contributed by atoms with Crippen molar-refractivity contribution in [2.75, 3.05) is 7.05 Å². The number of para-hydroxylation sites is 1. The predicted molar refractivity (Wildman–Crippen MR) is 86.0 cm³/mol. The summed E-state index contributed by atoms with van der Waals surface area (Å²) < 4.78 is 20.9. The number of benzene rings is 2. The van der Waals surface area contributed by atoms with Crippen LogP contribution in [0.1, 0.15) is 22.9 Å². The highest BCUT2D eigenvalue weighted by Gasteiger charge is 2.20. The number of aryl methyl sites for hydroxylation is 1. The molecule has 21 heavy (non-hydrogen) atoms. The lowest BCUT2D eigenvalue weighted by molar-refractivity contribution is 0.475. The molecule has 0 saturated heterocycles. The highest BCUT2D eigenvalue weighted by Crippen LogP contribution is 2.31. The number of hydrogen-bond acceptors (Lipinski definition) is 2. The highest BCUT2D eigenvalue weighted by atomic mass is 79.9. The quantitative estimate of drug-likeness (QED) is 0.724. The molecule has 4 heteroatoms. The Morgan fingerprint density at radius 3 is 2.67 bits per heavy atom. The molecule has 0 radical (unpaired) electrons. The molecule has 0 saturated carbocycles. The SMILES string of the molecule is CNC(c1cc2cccc(C)c2o1)c1ccc(Br)cc1F. The van der Waals surface area contributed by atoms with Crippen molar-refractivity contribution in [2.24, 2.45) is 0 Å². The molecule has 0 aliphatic heterocycles. The maximum absolute atomic E-state index is 14.2. The molecule has 0 amide bonds. The van der Waals surface area contributed by atoms with E-state index in [9.17, 15) is 4.39 Å². The lowest BCUT2D eigenvalue weighted by atomic mass is 10.0. The molecule has 0 aliphatic carbocycles. The van der Waals surface area contributed by atoms with Crippen LogP contribution in [0.3, 0.4) is 0 Å². The second-order valence-electron chi connectivity index (χ2n) is 5.03. The third-order valence-corrected chi connectivity index (χ3v) is 4.10. The van der Waals surface area contributed by atoms with E-state index in [-0.39, 0.29) is 11.9 Å². The van der Waals surface area contributed by atoms with Crippen LogP contribution in [0.25, 0.3) is 11.0 Å². The Bertz CT molecular complexity index is 797. The summed E-state index contributed by atoms with van der Waals surface area (Å²) in [4.78, 5) is 0. The summed E-state index contributed by atoms with van der Waals surface area (Å²) in [5, 5.41) is 4.16. The molecule has 3 rings (SSSR count). The van der Waals surface area contributed by atoms with Crippen molar-refractivity contribution in [1.82, 2.24) is 5.32 Å². The Morgan fingerprint density at radius 2 is 2.00 bits per heavy atom. The number of furan rings is 1. The summed E-state index contributed by atoms with van der Waals surface area (Å²) in [6, 6.07) is 12.7. The first kappa shape index (κ1) is 14.3. The molecule has 0 aliphatic rings. The molecule has 0 spiro atoms. The van der Waals surface area contributed by atoms with Crippen molar-refractivity contribution < 1.29 is 8.81 Å². The summed E-state index contributed by atoms with van der Waals surface area (Å²) >= 11 is 3.28. The zero-order chi connectivity index (χ0) is 15.0. The molecule has 1 heterocycles. The van der Waals surface area contributed by atoms with Crippen LogP contribution in [0, 0.1) is 12.7 Å². The van der Waals surface area contributed by atoms with Crippen molar-refractivity contribution in [3.05, 3.63) is 69.6 Å². The van der Waals surface area contributed by atoms with Gasteiger partial charge >= 0.3 is 0 Å². The van der Waals surface area contributed by atoms with Gasteiger partial charge in [0.1, 0.15) is 17.2 Å². The molecule has 1 unspecified atom stereocenters. The Hall–Kier alpha value is -1.65. The lowest BCUT2D eigenvalue weighted by Crippen LogP contribution is -2.18. The molecule has 0 bridgehead atoms. The lowest BCUT2D eigenvalue weighted by Gasteiger charge is -2.15.